The molecule has 1 N–H and O–H groups in total. The number of carbonyl (C=O) groups is 1. The molecule has 2 aromatic carbocycles. The van der Waals surface area contributed by atoms with E-state index in [1.807, 2.05) is 0 Å². The lowest BCUT2D eigenvalue weighted by Gasteiger charge is -2.20. The molecule has 1 aliphatic heterocycles. The number of nitrogens with zero attached hydrogens (tertiary/aromatic N) is 1. The number of thioether (sulfide) groups is 1. The Balaban J connectivity index is 1.63. The zero-order valence-electron chi connectivity index (χ0n) is 18.5. The molecule has 1 saturated heterocycles. The van der Waals surface area contributed by atoms with E-state index in [0.717, 1.165) is 25.7 Å². The first-order chi connectivity index (χ1) is 15.8. The van der Waals surface area contributed by atoms with Crippen LogP contribution < -0.4 is 10.1 Å². The number of ether oxygens (including phenoxy) is 1. The first-order valence-corrected chi connectivity index (χ1v) is 13.8. The summed E-state index contributed by atoms with van der Waals surface area (Å²) in [6, 6.07) is 8.92. The number of rotatable bonds is 9. The van der Waals surface area contributed by atoms with Crippen LogP contribution in [0.1, 0.15) is 41.6 Å². The Labute approximate surface area is 203 Å². The summed E-state index contributed by atoms with van der Waals surface area (Å²) in [5, 5.41) is 3.16. The van der Waals surface area contributed by atoms with Gasteiger partial charge in [-0.05, 0) is 43.2 Å². The standard InChI is InChI=1S/C23H28ClFN2O4S2/c1-31-22-10-9-17(33(29,30)27-12-4-2-3-5-13-27)15-18(22)23(28)26-11-14-32-16-19-20(24)7-6-8-21(19)25/h6-10,15H,2-5,11-14,16H2,1H3,(H,26,28). The summed E-state index contributed by atoms with van der Waals surface area (Å²) in [4.78, 5) is 12.9. The Morgan fingerprint density at radius 3 is 2.58 bits per heavy atom. The maximum atomic E-state index is 13.8. The number of halogens is 2. The van der Waals surface area contributed by atoms with E-state index in [1.54, 1.807) is 12.1 Å². The number of methoxy groups -OCH3 is 1. The van der Waals surface area contributed by atoms with Gasteiger partial charge >= 0.3 is 0 Å². The van der Waals surface area contributed by atoms with Gasteiger partial charge in [0.05, 0.1) is 17.6 Å². The van der Waals surface area contributed by atoms with Gasteiger partial charge in [-0.2, -0.15) is 16.1 Å². The van der Waals surface area contributed by atoms with Crippen molar-refractivity contribution < 1.29 is 22.3 Å². The normalized spacial score (nSPS) is 15.1. The van der Waals surface area contributed by atoms with Crippen LogP contribution in [0, 0.1) is 5.82 Å². The molecule has 1 amide bonds. The fourth-order valence-corrected chi connectivity index (χ4v) is 6.37. The second-order valence-electron chi connectivity index (χ2n) is 7.69. The lowest BCUT2D eigenvalue weighted by Crippen LogP contribution is -2.32. The lowest BCUT2D eigenvalue weighted by atomic mass is 10.2. The van der Waals surface area contributed by atoms with Gasteiger partial charge in [-0.25, -0.2) is 12.8 Å². The minimum absolute atomic E-state index is 0.0823. The van der Waals surface area contributed by atoms with Crippen molar-refractivity contribution >= 4 is 39.3 Å². The topological polar surface area (TPSA) is 75.7 Å². The third-order valence-electron chi connectivity index (χ3n) is 5.46. The third-order valence-corrected chi connectivity index (χ3v) is 8.69. The molecule has 180 valence electrons. The number of sulfonamides is 1. The van der Waals surface area contributed by atoms with Gasteiger partial charge in [0.25, 0.3) is 5.91 Å². The maximum Gasteiger partial charge on any atom is 0.255 e. The van der Waals surface area contributed by atoms with E-state index >= 15 is 0 Å². The van der Waals surface area contributed by atoms with E-state index in [1.165, 1.54) is 47.4 Å². The molecule has 2 aromatic rings. The van der Waals surface area contributed by atoms with Gasteiger partial charge in [0.2, 0.25) is 10.0 Å². The monoisotopic (exact) mass is 514 g/mol. The minimum Gasteiger partial charge on any atom is -0.496 e. The Morgan fingerprint density at radius 2 is 1.91 bits per heavy atom. The molecule has 0 aromatic heterocycles. The van der Waals surface area contributed by atoms with E-state index in [-0.39, 0.29) is 16.3 Å². The predicted octanol–water partition coefficient (Wildman–Crippen LogP) is 4.72. The quantitative estimate of drug-likeness (QED) is 0.490. The molecule has 10 heteroatoms. The Morgan fingerprint density at radius 1 is 1.18 bits per heavy atom. The highest BCUT2D eigenvalue weighted by atomic mass is 35.5. The smallest absolute Gasteiger partial charge is 0.255 e. The summed E-state index contributed by atoms with van der Waals surface area (Å²) < 4.78 is 46.8. The number of amides is 1. The summed E-state index contributed by atoms with van der Waals surface area (Å²) >= 11 is 7.47. The van der Waals surface area contributed by atoms with Crippen molar-refractivity contribution in [2.45, 2.75) is 36.3 Å². The van der Waals surface area contributed by atoms with Gasteiger partial charge in [-0.3, -0.25) is 4.79 Å². The zero-order valence-corrected chi connectivity index (χ0v) is 20.9. The molecule has 0 aliphatic carbocycles. The molecule has 1 heterocycles. The molecule has 0 radical (unpaired) electrons. The van der Waals surface area contributed by atoms with Crippen molar-refractivity contribution in [2.75, 3.05) is 32.5 Å². The van der Waals surface area contributed by atoms with Crippen LogP contribution in [-0.4, -0.2) is 51.1 Å². The van der Waals surface area contributed by atoms with E-state index < -0.39 is 15.9 Å². The van der Waals surface area contributed by atoms with Gasteiger partial charge in [-0.1, -0.05) is 30.5 Å². The summed E-state index contributed by atoms with van der Waals surface area (Å²) in [7, 11) is -2.26. The van der Waals surface area contributed by atoms with Crippen molar-refractivity contribution in [1.29, 1.82) is 0 Å². The van der Waals surface area contributed by atoms with E-state index in [0.29, 0.717) is 47.5 Å². The summed E-state index contributed by atoms with van der Waals surface area (Å²) in [5.74, 6) is 0.433. The number of hydrogen-bond acceptors (Lipinski definition) is 5. The Hall–Kier alpha value is -1.81. The van der Waals surface area contributed by atoms with Crippen LogP contribution in [-0.2, 0) is 15.8 Å². The fourth-order valence-electron chi connectivity index (χ4n) is 3.63. The minimum atomic E-state index is -3.69. The van der Waals surface area contributed by atoms with Crippen LogP contribution in [0.15, 0.2) is 41.3 Å². The first kappa shape index (κ1) is 25.8. The predicted molar refractivity (Wildman–Crippen MR) is 130 cm³/mol. The number of benzene rings is 2. The number of nitrogens with one attached hydrogen (secondary N) is 1. The average Bonchev–Trinajstić information content (AvgIpc) is 3.10. The van der Waals surface area contributed by atoms with Gasteiger partial charge in [0.15, 0.2) is 0 Å². The molecule has 0 atom stereocenters. The molecule has 0 spiro atoms. The molecule has 0 bridgehead atoms. The van der Waals surface area contributed by atoms with Crippen molar-refractivity contribution in [3.8, 4) is 5.75 Å². The Kier molecular flexibility index (Phi) is 9.43. The highest BCUT2D eigenvalue weighted by Gasteiger charge is 2.27. The molecule has 33 heavy (non-hydrogen) atoms. The van der Waals surface area contributed by atoms with Crippen molar-refractivity contribution in [3.63, 3.8) is 0 Å². The molecule has 3 rings (SSSR count). The van der Waals surface area contributed by atoms with E-state index in [9.17, 15) is 17.6 Å². The SMILES string of the molecule is COc1ccc(S(=O)(=O)N2CCCCCC2)cc1C(=O)NCCSCc1c(F)cccc1Cl. The van der Waals surface area contributed by atoms with Gasteiger partial charge in [0.1, 0.15) is 11.6 Å². The zero-order chi connectivity index (χ0) is 23.8. The van der Waals surface area contributed by atoms with Crippen LogP contribution in [0.2, 0.25) is 5.02 Å². The molecule has 0 saturated carbocycles. The van der Waals surface area contributed by atoms with Crippen LogP contribution >= 0.6 is 23.4 Å². The highest BCUT2D eigenvalue weighted by Crippen LogP contribution is 2.27. The van der Waals surface area contributed by atoms with Gasteiger partial charge in [0, 0.05) is 41.7 Å². The number of carbonyl (C=O) groups excluding carboxylic acids is 1. The van der Waals surface area contributed by atoms with Crippen molar-refractivity contribution in [3.05, 3.63) is 58.4 Å². The largest absolute Gasteiger partial charge is 0.496 e. The summed E-state index contributed by atoms with van der Waals surface area (Å²) in [6.45, 7) is 1.29. The van der Waals surface area contributed by atoms with Gasteiger partial charge < -0.3 is 10.1 Å². The second-order valence-corrected chi connectivity index (χ2v) is 11.1. The molecule has 1 aliphatic rings. The van der Waals surface area contributed by atoms with Crippen LogP contribution in [0.4, 0.5) is 4.39 Å². The molecular weight excluding hydrogens is 487 g/mol. The first-order valence-electron chi connectivity index (χ1n) is 10.8. The van der Waals surface area contributed by atoms with Crippen LogP contribution in [0.5, 0.6) is 5.75 Å². The molecule has 0 unspecified atom stereocenters. The van der Waals surface area contributed by atoms with E-state index in [2.05, 4.69) is 5.32 Å². The van der Waals surface area contributed by atoms with Crippen molar-refractivity contribution in [1.82, 2.24) is 9.62 Å². The van der Waals surface area contributed by atoms with Crippen LogP contribution in [0.3, 0.4) is 0 Å². The molecule has 1 fully saturated rings. The number of hydrogen-bond donors (Lipinski definition) is 1. The lowest BCUT2D eigenvalue weighted by molar-refractivity contribution is 0.0953. The molecule has 6 nitrogen and oxygen atoms in total. The Bertz CT molecular complexity index is 1050. The highest BCUT2D eigenvalue weighted by molar-refractivity contribution is 7.98. The molecular formula is C23H28ClFN2O4S2. The summed E-state index contributed by atoms with van der Waals surface area (Å²) in [6.07, 6.45) is 3.70. The third kappa shape index (κ3) is 6.62. The van der Waals surface area contributed by atoms with E-state index in [4.69, 9.17) is 16.3 Å². The maximum absolute atomic E-state index is 13.8. The van der Waals surface area contributed by atoms with Gasteiger partial charge in [-0.15, -0.1) is 0 Å². The summed E-state index contributed by atoms with van der Waals surface area (Å²) in [5.41, 5.74) is 0.596. The average molecular weight is 515 g/mol. The second kappa shape index (κ2) is 12.1. The fraction of sp³-hybridized carbons (Fsp3) is 0.435. The van der Waals surface area contributed by atoms with Crippen LogP contribution in [0.25, 0.3) is 0 Å². The van der Waals surface area contributed by atoms with Crippen molar-refractivity contribution in [2.24, 2.45) is 0 Å².